The van der Waals surface area contributed by atoms with Gasteiger partial charge in [-0.25, -0.2) is 9.97 Å². The molecule has 3 aromatic rings. The van der Waals surface area contributed by atoms with Gasteiger partial charge < -0.3 is 5.11 Å². The van der Waals surface area contributed by atoms with E-state index in [1.807, 2.05) is 41.9 Å². The van der Waals surface area contributed by atoms with E-state index in [1.54, 1.807) is 0 Å². The van der Waals surface area contributed by atoms with Gasteiger partial charge in [0.05, 0.1) is 12.2 Å². The SMILES string of the molecule is Cc1cc(C(O)c2cncnc2Cl)nn1Cc1cccc(Cl)c1. The highest BCUT2D eigenvalue weighted by molar-refractivity contribution is 6.30. The Labute approximate surface area is 143 Å². The number of hydrogen-bond donors (Lipinski definition) is 1. The van der Waals surface area contributed by atoms with E-state index < -0.39 is 6.10 Å². The molecule has 0 aliphatic heterocycles. The highest BCUT2D eigenvalue weighted by Gasteiger charge is 2.19. The summed E-state index contributed by atoms with van der Waals surface area (Å²) in [6.07, 6.45) is 1.86. The number of aliphatic hydroxyl groups is 1. The van der Waals surface area contributed by atoms with E-state index in [0.29, 0.717) is 22.8 Å². The van der Waals surface area contributed by atoms with Gasteiger partial charge in [-0.2, -0.15) is 5.10 Å². The first-order valence-electron chi connectivity index (χ1n) is 6.97. The second-order valence-corrected chi connectivity index (χ2v) is 5.96. The van der Waals surface area contributed by atoms with Gasteiger partial charge in [-0.1, -0.05) is 35.3 Å². The van der Waals surface area contributed by atoms with Crippen molar-refractivity contribution in [2.45, 2.75) is 19.6 Å². The summed E-state index contributed by atoms with van der Waals surface area (Å²) in [6.45, 7) is 2.50. The first-order chi connectivity index (χ1) is 11.0. The zero-order valence-corrected chi connectivity index (χ0v) is 13.8. The second-order valence-electron chi connectivity index (χ2n) is 5.17. The lowest BCUT2D eigenvalue weighted by molar-refractivity contribution is 0.213. The van der Waals surface area contributed by atoms with Crippen LogP contribution in [0.2, 0.25) is 10.2 Å². The van der Waals surface area contributed by atoms with E-state index in [0.717, 1.165) is 11.3 Å². The molecule has 0 aliphatic carbocycles. The smallest absolute Gasteiger partial charge is 0.138 e. The summed E-state index contributed by atoms with van der Waals surface area (Å²) < 4.78 is 1.81. The topological polar surface area (TPSA) is 63.8 Å². The molecule has 0 saturated carbocycles. The molecule has 1 atom stereocenters. The molecule has 0 spiro atoms. The van der Waals surface area contributed by atoms with E-state index in [2.05, 4.69) is 15.1 Å². The summed E-state index contributed by atoms with van der Waals surface area (Å²) in [5, 5.41) is 15.8. The van der Waals surface area contributed by atoms with E-state index in [4.69, 9.17) is 23.2 Å². The van der Waals surface area contributed by atoms with Crippen LogP contribution in [0.5, 0.6) is 0 Å². The van der Waals surface area contributed by atoms with Crippen LogP contribution in [0.1, 0.15) is 28.6 Å². The highest BCUT2D eigenvalue weighted by atomic mass is 35.5. The second kappa shape index (κ2) is 6.66. The van der Waals surface area contributed by atoms with Crippen LogP contribution in [0, 0.1) is 6.92 Å². The minimum atomic E-state index is -0.969. The predicted molar refractivity (Wildman–Crippen MR) is 88.6 cm³/mol. The third-order valence-electron chi connectivity index (χ3n) is 3.49. The van der Waals surface area contributed by atoms with Crippen molar-refractivity contribution in [1.29, 1.82) is 0 Å². The van der Waals surface area contributed by atoms with Crippen LogP contribution in [0.25, 0.3) is 0 Å². The average Bonchev–Trinajstić information content (AvgIpc) is 2.88. The lowest BCUT2D eigenvalue weighted by Crippen LogP contribution is -2.07. The fraction of sp³-hybridized carbons (Fsp3) is 0.188. The third kappa shape index (κ3) is 3.52. The van der Waals surface area contributed by atoms with Gasteiger partial charge in [0.2, 0.25) is 0 Å². The number of aromatic nitrogens is 4. The minimum absolute atomic E-state index is 0.217. The maximum atomic E-state index is 10.5. The summed E-state index contributed by atoms with van der Waals surface area (Å²) in [5.74, 6) is 0. The van der Waals surface area contributed by atoms with E-state index in [9.17, 15) is 5.11 Å². The maximum Gasteiger partial charge on any atom is 0.138 e. The van der Waals surface area contributed by atoms with Crippen LogP contribution in [-0.4, -0.2) is 24.9 Å². The number of hydrogen-bond acceptors (Lipinski definition) is 4. The lowest BCUT2D eigenvalue weighted by Gasteiger charge is -2.09. The van der Waals surface area contributed by atoms with Crippen molar-refractivity contribution in [3.05, 3.63) is 75.5 Å². The molecular formula is C16H14Cl2N4O. The zero-order chi connectivity index (χ0) is 16.4. The van der Waals surface area contributed by atoms with E-state index in [-0.39, 0.29) is 5.15 Å². The predicted octanol–water partition coefficient (Wildman–Crippen LogP) is 3.42. The van der Waals surface area contributed by atoms with Crippen molar-refractivity contribution < 1.29 is 5.11 Å². The van der Waals surface area contributed by atoms with Crippen molar-refractivity contribution in [1.82, 2.24) is 19.7 Å². The molecule has 0 radical (unpaired) electrons. The van der Waals surface area contributed by atoms with Gasteiger partial charge >= 0.3 is 0 Å². The van der Waals surface area contributed by atoms with Crippen LogP contribution in [0.4, 0.5) is 0 Å². The summed E-state index contributed by atoms with van der Waals surface area (Å²) >= 11 is 12.0. The monoisotopic (exact) mass is 348 g/mol. The summed E-state index contributed by atoms with van der Waals surface area (Å²) in [4.78, 5) is 7.77. The van der Waals surface area contributed by atoms with Gasteiger partial charge in [-0.3, -0.25) is 4.68 Å². The standard InChI is InChI=1S/C16H14Cl2N4O/c1-10-5-14(15(23)13-7-19-9-20-16(13)18)21-22(10)8-11-3-2-4-12(17)6-11/h2-7,9,15,23H,8H2,1H3. The largest absolute Gasteiger partial charge is 0.382 e. The van der Waals surface area contributed by atoms with Crippen molar-refractivity contribution in [2.24, 2.45) is 0 Å². The Bertz CT molecular complexity index is 834. The molecule has 118 valence electrons. The number of aliphatic hydroxyl groups excluding tert-OH is 1. The number of halogens is 2. The van der Waals surface area contributed by atoms with Gasteiger partial charge in [-0.05, 0) is 30.7 Å². The fourth-order valence-electron chi connectivity index (χ4n) is 2.31. The molecule has 0 fully saturated rings. The molecule has 0 aliphatic rings. The quantitative estimate of drug-likeness (QED) is 0.733. The number of rotatable bonds is 4. The minimum Gasteiger partial charge on any atom is -0.382 e. The summed E-state index contributed by atoms with van der Waals surface area (Å²) in [6, 6.07) is 9.41. The van der Waals surface area contributed by atoms with Gasteiger partial charge in [0.15, 0.2) is 0 Å². The Morgan fingerprint density at radius 2 is 2.09 bits per heavy atom. The zero-order valence-electron chi connectivity index (χ0n) is 12.3. The average molecular weight is 349 g/mol. The van der Waals surface area contributed by atoms with Crippen LogP contribution < -0.4 is 0 Å². The molecule has 2 heterocycles. The molecule has 1 aromatic carbocycles. The molecular weight excluding hydrogens is 335 g/mol. The molecule has 23 heavy (non-hydrogen) atoms. The molecule has 7 heteroatoms. The molecule has 1 N–H and O–H groups in total. The molecule has 0 bridgehead atoms. The van der Waals surface area contributed by atoms with E-state index >= 15 is 0 Å². The number of nitrogens with zero attached hydrogens (tertiary/aromatic N) is 4. The summed E-state index contributed by atoms with van der Waals surface area (Å²) in [5.41, 5.74) is 2.89. The van der Waals surface area contributed by atoms with Gasteiger partial charge in [0, 0.05) is 22.5 Å². The van der Waals surface area contributed by atoms with E-state index in [1.165, 1.54) is 12.5 Å². The summed E-state index contributed by atoms with van der Waals surface area (Å²) in [7, 11) is 0. The van der Waals surface area contributed by atoms with Gasteiger partial charge in [0.1, 0.15) is 17.6 Å². The van der Waals surface area contributed by atoms with Gasteiger partial charge in [0.25, 0.3) is 0 Å². The maximum absolute atomic E-state index is 10.5. The Balaban J connectivity index is 1.87. The van der Waals surface area contributed by atoms with Crippen molar-refractivity contribution in [3.63, 3.8) is 0 Å². The van der Waals surface area contributed by atoms with Gasteiger partial charge in [-0.15, -0.1) is 0 Å². The third-order valence-corrected chi connectivity index (χ3v) is 4.04. The molecule has 5 nitrogen and oxygen atoms in total. The highest BCUT2D eigenvalue weighted by Crippen LogP contribution is 2.26. The number of aryl methyl sites for hydroxylation is 1. The lowest BCUT2D eigenvalue weighted by atomic mass is 10.1. The fourth-order valence-corrected chi connectivity index (χ4v) is 2.71. The first-order valence-corrected chi connectivity index (χ1v) is 7.72. The molecule has 0 saturated heterocycles. The Hall–Kier alpha value is -1.95. The Kier molecular flexibility index (Phi) is 4.61. The Morgan fingerprint density at radius 1 is 1.26 bits per heavy atom. The Morgan fingerprint density at radius 3 is 2.83 bits per heavy atom. The van der Waals surface area contributed by atoms with Crippen molar-refractivity contribution >= 4 is 23.2 Å². The van der Waals surface area contributed by atoms with Crippen LogP contribution >= 0.6 is 23.2 Å². The van der Waals surface area contributed by atoms with Crippen LogP contribution in [0.15, 0.2) is 42.9 Å². The number of benzene rings is 1. The van der Waals surface area contributed by atoms with Crippen LogP contribution in [-0.2, 0) is 6.54 Å². The molecule has 0 amide bonds. The van der Waals surface area contributed by atoms with Crippen molar-refractivity contribution in [3.8, 4) is 0 Å². The molecule has 2 aromatic heterocycles. The van der Waals surface area contributed by atoms with Crippen molar-refractivity contribution in [2.75, 3.05) is 0 Å². The first kappa shape index (κ1) is 15.9. The molecule has 3 rings (SSSR count). The van der Waals surface area contributed by atoms with Crippen LogP contribution in [0.3, 0.4) is 0 Å². The normalized spacial score (nSPS) is 12.3. The molecule has 1 unspecified atom stereocenters.